The molecule has 0 aromatic carbocycles. The van der Waals surface area contributed by atoms with Gasteiger partial charge in [0.25, 0.3) is 0 Å². The molecule has 0 atom stereocenters. The monoisotopic (exact) mass is 332 g/mol. The van der Waals surface area contributed by atoms with E-state index < -0.39 is 17.4 Å². The van der Waals surface area contributed by atoms with E-state index in [1.54, 1.807) is 33.9 Å². The van der Waals surface area contributed by atoms with Crippen LogP contribution in [-0.2, 0) is 16.6 Å². The highest BCUT2D eigenvalue weighted by Crippen LogP contribution is 2.35. The summed E-state index contributed by atoms with van der Waals surface area (Å²) in [6, 6.07) is 0. The molecular weight excluding hydrogens is 308 g/mol. The van der Waals surface area contributed by atoms with Crippen LogP contribution in [0.3, 0.4) is 0 Å². The van der Waals surface area contributed by atoms with Gasteiger partial charge in [0.05, 0.1) is 23.7 Å². The molecule has 0 aliphatic carbocycles. The van der Waals surface area contributed by atoms with Gasteiger partial charge in [0.15, 0.2) is 11.4 Å². The molecule has 0 spiro atoms. The van der Waals surface area contributed by atoms with Crippen LogP contribution < -0.4 is 4.74 Å². The van der Waals surface area contributed by atoms with Crippen LogP contribution in [0, 0.1) is 19.3 Å². The zero-order chi connectivity index (χ0) is 18.2. The average Bonchev–Trinajstić information content (AvgIpc) is 2.71. The zero-order valence-corrected chi connectivity index (χ0v) is 15.3. The third-order valence-corrected chi connectivity index (χ3v) is 4.07. The van der Waals surface area contributed by atoms with Crippen LogP contribution >= 0.6 is 0 Å². The minimum atomic E-state index is -0.703. The third kappa shape index (κ3) is 3.00. The van der Waals surface area contributed by atoms with Crippen molar-refractivity contribution in [2.75, 3.05) is 6.61 Å². The molecule has 0 unspecified atom stereocenters. The number of rotatable bonds is 3. The summed E-state index contributed by atoms with van der Waals surface area (Å²) < 4.78 is 12.6. The maximum absolute atomic E-state index is 12.4. The first-order valence-electron chi connectivity index (χ1n) is 7.93. The number of aryl methyl sites for hydroxylation is 2. The molecule has 0 bridgehead atoms. The van der Waals surface area contributed by atoms with Crippen LogP contribution in [0.2, 0.25) is 0 Å². The lowest BCUT2D eigenvalue weighted by molar-refractivity contribution is -0.142. The molecule has 2 rings (SSSR count). The van der Waals surface area contributed by atoms with Crippen molar-refractivity contribution in [2.45, 2.75) is 41.5 Å². The van der Waals surface area contributed by atoms with E-state index in [0.717, 1.165) is 16.8 Å². The fourth-order valence-corrected chi connectivity index (χ4v) is 2.40. The highest BCUT2D eigenvalue weighted by molar-refractivity contribution is 6.02. The number of esters is 2. The molecule has 0 saturated carbocycles. The number of hydrogen-bond acceptors (Lipinski definition) is 5. The number of ether oxygens (including phenoxy) is 2. The fraction of sp³-hybridized carbons (Fsp3) is 0.500. The van der Waals surface area contributed by atoms with E-state index in [0.29, 0.717) is 5.39 Å². The molecule has 2 aromatic rings. The minimum Gasteiger partial charge on any atom is -0.461 e. The lowest BCUT2D eigenvalue weighted by atomic mass is 9.97. The van der Waals surface area contributed by atoms with Crippen molar-refractivity contribution in [2.24, 2.45) is 12.5 Å². The van der Waals surface area contributed by atoms with Crippen molar-refractivity contribution >= 4 is 22.8 Å². The molecule has 0 saturated heterocycles. The van der Waals surface area contributed by atoms with E-state index >= 15 is 0 Å². The second-order valence-electron chi connectivity index (χ2n) is 6.83. The number of nitrogens with zero attached hydrogens (tertiary/aromatic N) is 2. The first kappa shape index (κ1) is 18.0. The summed E-state index contributed by atoms with van der Waals surface area (Å²) in [5.74, 6) is -0.854. The van der Waals surface area contributed by atoms with E-state index in [9.17, 15) is 9.59 Å². The van der Waals surface area contributed by atoms with Crippen LogP contribution in [0.1, 0.15) is 49.4 Å². The molecule has 2 aromatic heterocycles. The Labute approximate surface area is 141 Å². The first-order chi connectivity index (χ1) is 11.1. The Hall–Kier alpha value is -2.37. The van der Waals surface area contributed by atoms with E-state index in [4.69, 9.17) is 9.47 Å². The zero-order valence-electron chi connectivity index (χ0n) is 15.3. The van der Waals surface area contributed by atoms with E-state index in [2.05, 4.69) is 4.98 Å². The topological polar surface area (TPSA) is 70.4 Å². The maximum Gasteiger partial charge on any atom is 0.360 e. The van der Waals surface area contributed by atoms with Gasteiger partial charge in [-0.15, -0.1) is 0 Å². The Balaban J connectivity index is 2.74. The second kappa shape index (κ2) is 6.26. The number of aromatic nitrogens is 2. The summed E-state index contributed by atoms with van der Waals surface area (Å²) in [4.78, 5) is 28.9. The van der Waals surface area contributed by atoms with Crippen LogP contribution in [0.4, 0.5) is 0 Å². The Morgan fingerprint density at radius 1 is 1.25 bits per heavy atom. The second-order valence-corrected chi connectivity index (χ2v) is 6.83. The van der Waals surface area contributed by atoms with Crippen molar-refractivity contribution in [1.82, 2.24) is 9.55 Å². The normalized spacial score (nSPS) is 11.6. The molecule has 2 heterocycles. The number of carbonyl (C=O) groups is 2. The van der Waals surface area contributed by atoms with Gasteiger partial charge in [-0.1, -0.05) is 0 Å². The van der Waals surface area contributed by atoms with Crippen molar-refractivity contribution in [1.29, 1.82) is 0 Å². The lowest BCUT2D eigenvalue weighted by Crippen LogP contribution is -2.26. The van der Waals surface area contributed by atoms with Gasteiger partial charge in [-0.05, 0) is 47.1 Å². The van der Waals surface area contributed by atoms with Crippen LogP contribution in [0.25, 0.3) is 10.9 Å². The molecule has 0 aliphatic rings. The Morgan fingerprint density at radius 3 is 2.42 bits per heavy atom. The summed E-state index contributed by atoms with van der Waals surface area (Å²) >= 11 is 0. The first-order valence-corrected chi connectivity index (χ1v) is 7.93. The molecule has 24 heavy (non-hydrogen) atoms. The predicted molar refractivity (Wildman–Crippen MR) is 91.2 cm³/mol. The number of carbonyl (C=O) groups excluding carboxylic acids is 2. The molecule has 0 N–H and O–H groups in total. The van der Waals surface area contributed by atoms with Gasteiger partial charge in [-0.2, -0.15) is 0 Å². The Kier molecular flexibility index (Phi) is 4.69. The summed E-state index contributed by atoms with van der Waals surface area (Å²) in [7, 11) is 1.91. The van der Waals surface area contributed by atoms with Gasteiger partial charge >= 0.3 is 11.9 Å². The van der Waals surface area contributed by atoms with Gasteiger partial charge in [0.1, 0.15) is 0 Å². The van der Waals surface area contributed by atoms with Crippen LogP contribution in [0.5, 0.6) is 5.75 Å². The summed E-state index contributed by atoms with van der Waals surface area (Å²) in [6.07, 6.45) is 1.61. The molecule has 0 aliphatic heterocycles. The van der Waals surface area contributed by atoms with Crippen molar-refractivity contribution in [3.05, 3.63) is 23.1 Å². The smallest absolute Gasteiger partial charge is 0.360 e. The van der Waals surface area contributed by atoms with Crippen LogP contribution in [-0.4, -0.2) is 28.1 Å². The largest absolute Gasteiger partial charge is 0.461 e. The number of hydrogen-bond donors (Lipinski definition) is 0. The van der Waals surface area contributed by atoms with Crippen molar-refractivity contribution in [3.63, 3.8) is 0 Å². The highest BCUT2D eigenvalue weighted by atomic mass is 16.5. The van der Waals surface area contributed by atoms with Gasteiger partial charge in [0, 0.05) is 18.1 Å². The van der Waals surface area contributed by atoms with Crippen LogP contribution in [0.15, 0.2) is 6.20 Å². The molecule has 6 nitrogen and oxygen atoms in total. The Bertz CT molecular complexity index is 813. The SMILES string of the molecule is CCOC(=O)c1ncc2c(c(C)c(C)n2C)c1OC(=O)C(C)(C)C. The molecule has 130 valence electrons. The number of fused-ring (bicyclic) bond motifs is 1. The quantitative estimate of drug-likeness (QED) is 0.806. The number of pyridine rings is 1. The van der Waals surface area contributed by atoms with E-state index in [1.165, 1.54) is 0 Å². The molecule has 6 heteroatoms. The lowest BCUT2D eigenvalue weighted by Gasteiger charge is -2.18. The summed E-state index contributed by atoms with van der Waals surface area (Å²) in [5, 5.41) is 0.714. The maximum atomic E-state index is 12.4. The van der Waals surface area contributed by atoms with Crippen molar-refractivity contribution < 1.29 is 19.1 Å². The molecular formula is C18H24N2O4. The Morgan fingerprint density at radius 2 is 1.88 bits per heavy atom. The third-order valence-electron chi connectivity index (χ3n) is 4.07. The van der Waals surface area contributed by atoms with E-state index in [-0.39, 0.29) is 18.1 Å². The van der Waals surface area contributed by atoms with E-state index in [1.807, 2.05) is 25.5 Å². The molecule has 0 fully saturated rings. The van der Waals surface area contributed by atoms with Gasteiger partial charge < -0.3 is 14.0 Å². The van der Waals surface area contributed by atoms with Crippen molar-refractivity contribution in [3.8, 4) is 5.75 Å². The average molecular weight is 332 g/mol. The van der Waals surface area contributed by atoms with Gasteiger partial charge in [-0.3, -0.25) is 4.79 Å². The minimum absolute atomic E-state index is 0.0237. The highest BCUT2D eigenvalue weighted by Gasteiger charge is 2.29. The van der Waals surface area contributed by atoms with Gasteiger partial charge in [0.2, 0.25) is 0 Å². The fourth-order valence-electron chi connectivity index (χ4n) is 2.40. The summed E-state index contributed by atoms with van der Waals surface area (Å²) in [5.41, 5.74) is 2.08. The van der Waals surface area contributed by atoms with Gasteiger partial charge in [-0.25, -0.2) is 9.78 Å². The summed E-state index contributed by atoms with van der Waals surface area (Å²) in [6.45, 7) is 11.1. The predicted octanol–water partition coefficient (Wildman–Crippen LogP) is 3.32. The molecule has 0 amide bonds. The molecule has 0 radical (unpaired) electrons. The standard InChI is InChI=1S/C18H24N2O4/c1-8-23-16(21)14-15(24-17(22)18(4,5)6)13-10(2)11(3)20(7)12(13)9-19-14/h9H,8H2,1-7H3.